The van der Waals surface area contributed by atoms with E-state index < -0.39 is 10.8 Å². The zero-order valence-corrected chi connectivity index (χ0v) is 18.7. The molecule has 170 valence electrons. The van der Waals surface area contributed by atoms with Crippen molar-refractivity contribution in [2.24, 2.45) is 0 Å². The average Bonchev–Trinajstić information content (AvgIpc) is 2.82. The third-order valence-corrected chi connectivity index (χ3v) is 4.83. The van der Waals surface area contributed by atoms with E-state index >= 15 is 0 Å². The Morgan fingerprint density at radius 3 is 2.45 bits per heavy atom. The Kier molecular flexibility index (Phi) is 7.88. The quantitative estimate of drug-likeness (QED) is 0.253. The number of rotatable bonds is 9. The number of hydrogen-bond acceptors (Lipinski definition) is 6. The number of benzene rings is 3. The molecular weight excluding hydrogens is 448 g/mol. The van der Waals surface area contributed by atoms with Crippen molar-refractivity contribution in [3.63, 3.8) is 0 Å². The minimum absolute atomic E-state index is 0.0685. The second-order valence-corrected chi connectivity index (χ2v) is 7.22. The fourth-order valence-electron chi connectivity index (χ4n) is 2.89. The molecule has 1 amide bonds. The number of nitrogens with one attached hydrogen (secondary N) is 1. The minimum Gasteiger partial charge on any atom is -0.496 e. The molecule has 0 aliphatic carbocycles. The molecule has 1 N–H and O–H groups in total. The monoisotopic (exact) mass is 468 g/mol. The molecule has 3 aromatic rings. The molecule has 8 nitrogen and oxygen atoms in total. The lowest BCUT2D eigenvalue weighted by molar-refractivity contribution is -0.384. The molecule has 3 aromatic carbocycles. The Morgan fingerprint density at radius 2 is 1.79 bits per heavy atom. The maximum Gasteiger partial charge on any atom is 0.296 e. The molecule has 0 aliphatic rings. The van der Waals surface area contributed by atoms with Crippen LogP contribution in [0.15, 0.2) is 66.7 Å². The van der Waals surface area contributed by atoms with E-state index in [0.717, 1.165) is 5.56 Å². The highest BCUT2D eigenvalue weighted by molar-refractivity contribution is 6.30. The standard InChI is InChI=1S/C24H21ClN2O6/c1-31-19-9-10-20(21(14-19)27(29)30)26-24(28)12-6-16-5-11-22(23(13-16)32-2)33-15-17-3-7-18(25)8-4-17/h3-14H,15H2,1-2H3,(H,26,28)/b12-6+. The van der Waals surface area contributed by atoms with Gasteiger partial charge in [-0.3, -0.25) is 14.9 Å². The number of methoxy groups -OCH3 is 2. The smallest absolute Gasteiger partial charge is 0.296 e. The summed E-state index contributed by atoms with van der Waals surface area (Å²) in [6, 6.07) is 16.7. The van der Waals surface area contributed by atoms with Crippen LogP contribution in [0.1, 0.15) is 11.1 Å². The maximum atomic E-state index is 12.3. The van der Waals surface area contributed by atoms with Crippen molar-refractivity contribution < 1.29 is 23.9 Å². The zero-order valence-electron chi connectivity index (χ0n) is 17.9. The van der Waals surface area contributed by atoms with Gasteiger partial charge in [-0.25, -0.2) is 0 Å². The van der Waals surface area contributed by atoms with Crippen LogP contribution in [0.3, 0.4) is 0 Å². The molecular formula is C24H21ClN2O6. The predicted octanol–water partition coefficient (Wildman–Crippen LogP) is 5.50. The Hall–Kier alpha value is -4.04. The van der Waals surface area contributed by atoms with E-state index in [2.05, 4.69) is 5.32 Å². The molecule has 0 saturated heterocycles. The molecule has 33 heavy (non-hydrogen) atoms. The summed E-state index contributed by atoms with van der Waals surface area (Å²) in [7, 11) is 2.93. The average molecular weight is 469 g/mol. The van der Waals surface area contributed by atoms with Gasteiger partial charge >= 0.3 is 0 Å². The van der Waals surface area contributed by atoms with E-state index in [1.54, 1.807) is 36.4 Å². The molecule has 3 rings (SSSR count). The van der Waals surface area contributed by atoms with Gasteiger partial charge in [-0.2, -0.15) is 0 Å². The van der Waals surface area contributed by atoms with E-state index in [9.17, 15) is 14.9 Å². The number of carbonyl (C=O) groups is 1. The normalized spacial score (nSPS) is 10.6. The Bertz CT molecular complexity index is 1180. The summed E-state index contributed by atoms with van der Waals surface area (Å²) in [6.45, 7) is 0.339. The topological polar surface area (TPSA) is 99.9 Å². The second kappa shape index (κ2) is 11.0. The van der Waals surface area contributed by atoms with Crippen LogP contribution >= 0.6 is 11.6 Å². The zero-order chi connectivity index (χ0) is 23.8. The number of carbonyl (C=O) groups excluding carboxylic acids is 1. The second-order valence-electron chi connectivity index (χ2n) is 6.79. The summed E-state index contributed by atoms with van der Waals surface area (Å²) in [5.41, 5.74) is 1.44. The van der Waals surface area contributed by atoms with Gasteiger partial charge in [0, 0.05) is 11.1 Å². The van der Waals surface area contributed by atoms with Crippen LogP contribution in [-0.4, -0.2) is 25.1 Å². The van der Waals surface area contributed by atoms with Gasteiger partial charge in [-0.05, 0) is 53.6 Å². The number of ether oxygens (including phenoxy) is 3. The van der Waals surface area contributed by atoms with E-state index in [1.807, 2.05) is 12.1 Å². The van der Waals surface area contributed by atoms with Crippen molar-refractivity contribution in [3.8, 4) is 17.2 Å². The molecule has 9 heteroatoms. The van der Waals surface area contributed by atoms with Gasteiger partial charge < -0.3 is 19.5 Å². The summed E-state index contributed by atoms with van der Waals surface area (Å²) in [6.07, 6.45) is 2.84. The van der Waals surface area contributed by atoms with Crippen molar-refractivity contribution in [2.45, 2.75) is 6.61 Å². The number of nitrogens with zero attached hydrogens (tertiary/aromatic N) is 1. The SMILES string of the molecule is COc1ccc(NC(=O)/C=C/c2ccc(OCc3ccc(Cl)cc3)c(OC)c2)c([N+](=O)[O-])c1. The molecule has 0 unspecified atom stereocenters. The summed E-state index contributed by atoms with van der Waals surface area (Å²) < 4.78 is 16.2. The fourth-order valence-corrected chi connectivity index (χ4v) is 3.02. The molecule has 0 aliphatic heterocycles. The van der Waals surface area contributed by atoms with Crippen molar-refractivity contribution in [1.82, 2.24) is 0 Å². The van der Waals surface area contributed by atoms with Gasteiger partial charge in [0.15, 0.2) is 11.5 Å². The highest BCUT2D eigenvalue weighted by Gasteiger charge is 2.16. The van der Waals surface area contributed by atoms with Gasteiger partial charge in [-0.15, -0.1) is 0 Å². The summed E-state index contributed by atoms with van der Waals surface area (Å²) >= 11 is 5.89. The Morgan fingerprint density at radius 1 is 1.03 bits per heavy atom. The summed E-state index contributed by atoms with van der Waals surface area (Å²) in [4.78, 5) is 23.0. The van der Waals surface area contributed by atoms with E-state index in [1.165, 1.54) is 38.5 Å². The Labute approximate surface area is 195 Å². The van der Waals surface area contributed by atoms with E-state index in [0.29, 0.717) is 34.4 Å². The number of amides is 1. The van der Waals surface area contributed by atoms with Crippen LogP contribution in [0.2, 0.25) is 5.02 Å². The van der Waals surface area contributed by atoms with E-state index in [-0.39, 0.29) is 11.4 Å². The van der Waals surface area contributed by atoms with Crippen LogP contribution in [-0.2, 0) is 11.4 Å². The van der Waals surface area contributed by atoms with Gasteiger partial charge in [0.2, 0.25) is 5.91 Å². The van der Waals surface area contributed by atoms with Crippen LogP contribution in [0.25, 0.3) is 6.08 Å². The third-order valence-electron chi connectivity index (χ3n) is 4.58. The van der Waals surface area contributed by atoms with Crippen LogP contribution in [0.5, 0.6) is 17.2 Å². The number of nitro groups is 1. The largest absolute Gasteiger partial charge is 0.496 e. The lowest BCUT2D eigenvalue weighted by Gasteiger charge is -2.11. The maximum absolute atomic E-state index is 12.3. The predicted molar refractivity (Wildman–Crippen MR) is 126 cm³/mol. The van der Waals surface area contributed by atoms with Crippen LogP contribution < -0.4 is 19.5 Å². The first-order chi connectivity index (χ1) is 15.9. The first-order valence-corrected chi connectivity index (χ1v) is 10.1. The summed E-state index contributed by atoms with van der Waals surface area (Å²) in [5, 5.41) is 14.4. The summed E-state index contributed by atoms with van der Waals surface area (Å²) in [5.74, 6) is 0.839. The van der Waals surface area contributed by atoms with Gasteiger partial charge in [0.1, 0.15) is 18.0 Å². The molecule has 0 spiro atoms. The first-order valence-electron chi connectivity index (χ1n) is 9.76. The van der Waals surface area contributed by atoms with Crippen molar-refractivity contribution >= 4 is 35.0 Å². The molecule has 0 fully saturated rings. The van der Waals surface area contributed by atoms with Crippen molar-refractivity contribution in [2.75, 3.05) is 19.5 Å². The number of halogens is 1. The van der Waals surface area contributed by atoms with E-state index in [4.69, 9.17) is 25.8 Å². The lowest BCUT2D eigenvalue weighted by Crippen LogP contribution is -2.09. The molecule has 0 radical (unpaired) electrons. The van der Waals surface area contributed by atoms with Crippen molar-refractivity contribution in [3.05, 3.63) is 93.0 Å². The van der Waals surface area contributed by atoms with Crippen molar-refractivity contribution in [1.29, 1.82) is 0 Å². The first kappa shape index (κ1) is 23.6. The molecule has 0 heterocycles. The highest BCUT2D eigenvalue weighted by atomic mass is 35.5. The molecule has 0 saturated carbocycles. The number of anilines is 1. The molecule has 0 atom stereocenters. The van der Waals surface area contributed by atoms with Gasteiger partial charge in [-0.1, -0.05) is 29.8 Å². The van der Waals surface area contributed by atoms with Crippen LogP contribution in [0, 0.1) is 10.1 Å². The number of hydrogen-bond donors (Lipinski definition) is 1. The van der Waals surface area contributed by atoms with Gasteiger partial charge in [0.25, 0.3) is 5.69 Å². The number of nitro benzene ring substituents is 1. The highest BCUT2D eigenvalue weighted by Crippen LogP contribution is 2.30. The Balaban J connectivity index is 1.67. The van der Waals surface area contributed by atoms with Crippen LogP contribution in [0.4, 0.5) is 11.4 Å². The molecule has 0 bridgehead atoms. The lowest BCUT2D eigenvalue weighted by atomic mass is 10.2. The fraction of sp³-hybridized carbons (Fsp3) is 0.125. The van der Waals surface area contributed by atoms with Gasteiger partial charge in [0.05, 0.1) is 25.2 Å². The third kappa shape index (κ3) is 6.47. The molecule has 0 aromatic heterocycles. The minimum atomic E-state index is -0.588.